The highest BCUT2D eigenvalue weighted by Gasteiger charge is 2.00. The van der Waals surface area contributed by atoms with Gasteiger partial charge in [0.15, 0.2) is 0 Å². The molecule has 2 aromatic carbocycles. The van der Waals surface area contributed by atoms with Gasteiger partial charge in [-0.1, -0.05) is 79.7 Å². The van der Waals surface area contributed by atoms with E-state index in [4.69, 9.17) is 0 Å². The van der Waals surface area contributed by atoms with Crippen molar-refractivity contribution in [1.29, 1.82) is 0 Å². The molecule has 2 aromatic rings. The summed E-state index contributed by atoms with van der Waals surface area (Å²) in [5.74, 6) is 0.687. The second kappa shape index (κ2) is 6.80. The van der Waals surface area contributed by atoms with Gasteiger partial charge in [0.2, 0.25) is 0 Å². The highest BCUT2D eigenvalue weighted by atomic mass is 14.1. The Kier molecular flexibility index (Phi) is 4.78. The molecule has 0 saturated carbocycles. The van der Waals surface area contributed by atoms with E-state index < -0.39 is 0 Å². The van der Waals surface area contributed by atoms with Crippen LogP contribution in [0.2, 0.25) is 0 Å². The number of hydrogen-bond acceptors (Lipinski definition) is 0. The Bertz CT molecular complexity index is 468. The van der Waals surface area contributed by atoms with Crippen LogP contribution in [0.1, 0.15) is 24.5 Å². The normalized spacial score (nSPS) is 12.7. The first-order chi connectivity index (χ1) is 8.84. The van der Waals surface area contributed by atoms with Crippen molar-refractivity contribution in [2.75, 3.05) is 0 Å². The number of hydrogen-bond donors (Lipinski definition) is 0. The number of allylic oxidation sites excluding steroid dienone is 1. The Morgan fingerprint density at radius 1 is 0.889 bits per heavy atom. The van der Waals surface area contributed by atoms with Gasteiger partial charge in [0, 0.05) is 0 Å². The molecule has 0 saturated heterocycles. The van der Waals surface area contributed by atoms with E-state index >= 15 is 0 Å². The van der Waals surface area contributed by atoms with E-state index in [0.29, 0.717) is 5.92 Å². The van der Waals surface area contributed by atoms with Gasteiger partial charge in [-0.05, 0) is 29.9 Å². The number of rotatable bonds is 5. The summed E-state index contributed by atoms with van der Waals surface area (Å²) in [5.41, 5.74) is 2.71. The van der Waals surface area contributed by atoms with Crippen LogP contribution >= 0.6 is 0 Å². The average Bonchev–Trinajstić information content (AvgIpc) is 2.41. The highest BCUT2D eigenvalue weighted by Crippen LogP contribution is 2.13. The van der Waals surface area contributed by atoms with Gasteiger partial charge in [0.05, 0.1) is 0 Å². The fourth-order valence-electron chi connectivity index (χ4n) is 2.10. The summed E-state index contributed by atoms with van der Waals surface area (Å²) < 4.78 is 0. The molecule has 0 amide bonds. The summed E-state index contributed by atoms with van der Waals surface area (Å²) in [4.78, 5) is 0. The zero-order valence-corrected chi connectivity index (χ0v) is 10.9. The monoisotopic (exact) mass is 236 g/mol. The molecule has 18 heavy (non-hydrogen) atoms. The third kappa shape index (κ3) is 4.21. The largest absolute Gasteiger partial charge is 0.0837 e. The van der Waals surface area contributed by atoms with Crippen LogP contribution in [-0.2, 0) is 6.42 Å². The SMILES string of the molecule is CC(CC=Cc1ccccc1)Cc1ccccc1. The zero-order chi connectivity index (χ0) is 12.6. The lowest BCUT2D eigenvalue weighted by Gasteiger charge is -2.08. The van der Waals surface area contributed by atoms with E-state index in [1.54, 1.807) is 0 Å². The first-order valence-corrected chi connectivity index (χ1v) is 6.60. The summed E-state index contributed by atoms with van der Waals surface area (Å²) in [7, 11) is 0. The van der Waals surface area contributed by atoms with Crippen LogP contribution in [0, 0.1) is 5.92 Å². The molecule has 0 heterocycles. The van der Waals surface area contributed by atoms with Gasteiger partial charge in [-0.15, -0.1) is 0 Å². The quantitative estimate of drug-likeness (QED) is 0.687. The van der Waals surface area contributed by atoms with Gasteiger partial charge in [-0.25, -0.2) is 0 Å². The molecular formula is C18H20. The molecule has 0 fully saturated rings. The maximum atomic E-state index is 2.31. The molecule has 0 aromatic heterocycles. The van der Waals surface area contributed by atoms with Crippen molar-refractivity contribution in [3.05, 3.63) is 77.9 Å². The molecule has 92 valence electrons. The van der Waals surface area contributed by atoms with Gasteiger partial charge in [0.1, 0.15) is 0 Å². The van der Waals surface area contributed by atoms with Crippen molar-refractivity contribution in [1.82, 2.24) is 0 Å². The van der Waals surface area contributed by atoms with Crippen LogP contribution in [0.3, 0.4) is 0 Å². The predicted octanol–water partition coefficient (Wildman–Crippen LogP) is 4.97. The molecule has 0 spiro atoms. The molecule has 0 heteroatoms. The van der Waals surface area contributed by atoms with Crippen LogP contribution in [0.25, 0.3) is 6.08 Å². The topological polar surface area (TPSA) is 0 Å². The van der Waals surface area contributed by atoms with Crippen molar-refractivity contribution in [3.63, 3.8) is 0 Å². The molecule has 1 atom stereocenters. The lowest BCUT2D eigenvalue weighted by molar-refractivity contribution is 0.591. The van der Waals surface area contributed by atoms with E-state index in [2.05, 4.69) is 79.7 Å². The van der Waals surface area contributed by atoms with Crippen LogP contribution in [0.15, 0.2) is 66.7 Å². The van der Waals surface area contributed by atoms with E-state index in [1.165, 1.54) is 11.1 Å². The average molecular weight is 236 g/mol. The Hall–Kier alpha value is -1.82. The molecule has 0 nitrogen and oxygen atoms in total. The minimum atomic E-state index is 0.687. The number of benzene rings is 2. The second-order valence-electron chi connectivity index (χ2n) is 4.84. The molecule has 2 rings (SSSR count). The van der Waals surface area contributed by atoms with Crippen molar-refractivity contribution in [3.8, 4) is 0 Å². The molecule has 0 aliphatic carbocycles. The smallest absolute Gasteiger partial charge is 0.0250 e. The fourth-order valence-corrected chi connectivity index (χ4v) is 2.10. The lowest BCUT2D eigenvalue weighted by Crippen LogP contribution is -1.97. The van der Waals surface area contributed by atoms with Crippen molar-refractivity contribution >= 4 is 6.08 Å². The molecule has 0 N–H and O–H groups in total. The van der Waals surface area contributed by atoms with Crippen LogP contribution < -0.4 is 0 Å². The summed E-state index contributed by atoms with van der Waals surface area (Å²) in [6.45, 7) is 2.31. The third-order valence-corrected chi connectivity index (χ3v) is 3.08. The molecule has 1 unspecified atom stereocenters. The van der Waals surface area contributed by atoms with E-state index in [-0.39, 0.29) is 0 Å². The zero-order valence-electron chi connectivity index (χ0n) is 10.9. The van der Waals surface area contributed by atoms with Crippen molar-refractivity contribution in [2.24, 2.45) is 5.92 Å². The molecule has 0 radical (unpaired) electrons. The second-order valence-corrected chi connectivity index (χ2v) is 4.84. The molecule has 0 aliphatic rings. The van der Waals surface area contributed by atoms with Crippen LogP contribution in [-0.4, -0.2) is 0 Å². The third-order valence-electron chi connectivity index (χ3n) is 3.08. The standard InChI is InChI=1S/C18H20/c1-16(15-18-12-6-3-7-13-18)9-8-14-17-10-4-2-5-11-17/h2-8,10-14,16H,9,15H2,1H3. The Morgan fingerprint density at radius 3 is 2.17 bits per heavy atom. The van der Waals surface area contributed by atoms with E-state index in [1.807, 2.05) is 0 Å². The summed E-state index contributed by atoms with van der Waals surface area (Å²) in [6, 6.07) is 21.2. The first kappa shape index (κ1) is 12.6. The molecule has 0 bridgehead atoms. The van der Waals surface area contributed by atoms with E-state index in [0.717, 1.165) is 12.8 Å². The van der Waals surface area contributed by atoms with Gasteiger partial charge >= 0.3 is 0 Å². The van der Waals surface area contributed by atoms with Crippen molar-refractivity contribution < 1.29 is 0 Å². The van der Waals surface area contributed by atoms with Crippen LogP contribution in [0.5, 0.6) is 0 Å². The first-order valence-electron chi connectivity index (χ1n) is 6.60. The fraction of sp³-hybridized carbons (Fsp3) is 0.222. The molecular weight excluding hydrogens is 216 g/mol. The summed E-state index contributed by atoms with van der Waals surface area (Å²) in [6.07, 6.45) is 6.77. The predicted molar refractivity (Wildman–Crippen MR) is 79.4 cm³/mol. The highest BCUT2D eigenvalue weighted by molar-refractivity contribution is 5.48. The minimum absolute atomic E-state index is 0.687. The van der Waals surface area contributed by atoms with Gasteiger partial charge in [0.25, 0.3) is 0 Å². The maximum absolute atomic E-state index is 2.31. The Balaban J connectivity index is 1.82. The summed E-state index contributed by atoms with van der Waals surface area (Å²) >= 11 is 0. The molecule has 0 aliphatic heterocycles. The Labute approximate surface area is 110 Å². The van der Waals surface area contributed by atoms with Crippen molar-refractivity contribution in [2.45, 2.75) is 19.8 Å². The Morgan fingerprint density at radius 2 is 1.50 bits per heavy atom. The van der Waals surface area contributed by atoms with Gasteiger partial charge in [-0.3, -0.25) is 0 Å². The summed E-state index contributed by atoms with van der Waals surface area (Å²) in [5, 5.41) is 0. The maximum Gasteiger partial charge on any atom is -0.0250 e. The lowest BCUT2D eigenvalue weighted by atomic mass is 9.98. The van der Waals surface area contributed by atoms with E-state index in [9.17, 15) is 0 Å². The minimum Gasteiger partial charge on any atom is -0.0837 e. The van der Waals surface area contributed by atoms with Crippen LogP contribution in [0.4, 0.5) is 0 Å². The van der Waals surface area contributed by atoms with Gasteiger partial charge < -0.3 is 0 Å². The van der Waals surface area contributed by atoms with Gasteiger partial charge in [-0.2, -0.15) is 0 Å².